The lowest BCUT2D eigenvalue weighted by Gasteiger charge is -2.08. The van der Waals surface area contributed by atoms with Crippen LogP contribution in [0.4, 0.5) is 0 Å². The normalized spacial score (nSPS) is 10.9. The number of carbonyl (C=O) groups is 1. The van der Waals surface area contributed by atoms with Crippen LogP contribution in [0, 0.1) is 5.21 Å². The van der Waals surface area contributed by atoms with Crippen LogP contribution in [-0.2, 0) is 4.79 Å². The first-order valence-corrected chi connectivity index (χ1v) is 9.93. The lowest BCUT2D eigenvalue weighted by Crippen LogP contribution is -2.25. The highest BCUT2D eigenvalue weighted by Crippen LogP contribution is 2.12. The van der Waals surface area contributed by atoms with Crippen molar-refractivity contribution in [3.63, 3.8) is 0 Å². The van der Waals surface area contributed by atoms with Crippen molar-refractivity contribution in [2.45, 2.75) is 103 Å². The summed E-state index contributed by atoms with van der Waals surface area (Å²) in [6.07, 6.45) is 18.6. The van der Waals surface area contributed by atoms with Gasteiger partial charge in [0, 0.05) is 13.0 Å². The molecule has 2 N–H and O–H groups in total. The van der Waals surface area contributed by atoms with E-state index in [0.29, 0.717) is 25.9 Å². The van der Waals surface area contributed by atoms with Crippen molar-refractivity contribution < 1.29 is 4.79 Å². The molecule has 0 fully saturated rings. The molecule has 0 saturated heterocycles. The van der Waals surface area contributed by atoms with Crippen LogP contribution in [0.5, 0.6) is 0 Å². The first kappa shape index (κ1) is 22.4. The van der Waals surface area contributed by atoms with Crippen molar-refractivity contribution in [1.29, 1.82) is 0 Å². The molecule has 1 amide bonds. The minimum Gasteiger partial charge on any atom is -0.788 e. The maximum Gasteiger partial charge on any atom is 0.219 e. The predicted octanol–water partition coefficient (Wildman–Crippen LogP) is 5.06. The molecule has 0 saturated carbocycles. The van der Waals surface area contributed by atoms with Gasteiger partial charge in [-0.25, -0.2) is 0 Å². The van der Waals surface area contributed by atoms with E-state index in [-0.39, 0.29) is 5.91 Å². The minimum absolute atomic E-state index is 0.124. The first-order chi connectivity index (χ1) is 11.3. The van der Waals surface area contributed by atoms with Crippen LogP contribution < -0.4 is 10.8 Å². The molecule has 0 radical (unpaired) electrons. The summed E-state index contributed by atoms with van der Waals surface area (Å²) in [4.78, 5) is 11.5. The number of rotatable bonds is 18. The highest BCUT2D eigenvalue weighted by Gasteiger charge is 2.00. The molecule has 0 atom stereocenters. The third-order valence-corrected chi connectivity index (χ3v) is 4.29. The molecule has 23 heavy (non-hydrogen) atoms. The molecule has 0 aromatic carbocycles. The number of nitrogens with one attached hydrogen (secondary N) is 2. The van der Waals surface area contributed by atoms with Gasteiger partial charge in [0.05, 0.1) is 0 Å². The molecule has 0 spiro atoms. The Balaban J connectivity index is 3.08. The molecular formula is C19H39N2O2-. The summed E-state index contributed by atoms with van der Waals surface area (Å²) in [6.45, 7) is 3.28. The molecule has 4 nitrogen and oxygen atoms in total. The van der Waals surface area contributed by atoms with Crippen LogP contribution in [0.15, 0.2) is 0 Å². The van der Waals surface area contributed by atoms with Crippen LogP contribution in [0.25, 0.3) is 0 Å². The third-order valence-electron chi connectivity index (χ3n) is 4.29. The molecule has 4 heteroatoms. The summed E-state index contributed by atoms with van der Waals surface area (Å²) in [5.74, 6) is 0.124. The Morgan fingerprint density at radius 1 is 0.696 bits per heavy atom. The van der Waals surface area contributed by atoms with Crippen molar-refractivity contribution >= 4 is 5.91 Å². The van der Waals surface area contributed by atoms with E-state index in [1.54, 1.807) is 0 Å². The topological polar surface area (TPSA) is 64.2 Å². The Labute approximate surface area is 143 Å². The average Bonchev–Trinajstić information content (AvgIpc) is 2.56. The van der Waals surface area contributed by atoms with Gasteiger partial charge in [-0.1, -0.05) is 84.0 Å². The lowest BCUT2D eigenvalue weighted by atomic mass is 10.0. The molecule has 0 rings (SSSR count). The quantitative estimate of drug-likeness (QED) is 0.273. The van der Waals surface area contributed by atoms with E-state index in [9.17, 15) is 10.0 Å². The molecule has 0 heterocycles. The number of hydrogen-bond donors (Lipinski definition) is 2. The lowest BCUT2D eigenvalue weighted by molar-refractivity contribution is -0.121. The number of carbonyl (C=O) groups excluding carboxylic acids is 1. The SMILES string of the molecule is CCCCCCCCCCCCCCCC(=O)NCCCN[O-]. The van der Waals surface area contributed by atoms with Gasteiger partial charge in [0.15, 0.2) is 0 Å². The molecule has 0 aliphatic heterocycles. The number of unbranched alkanes of at least 4 members (excludes halogenated alkanes) is 12. The molecule has 138 valence electrons. The molecule has 0 aromatic heterocycles. The predicted molar refractivity (Wildman–Crippen MR) is 99.3 cm³/mol. The molecule has 0 aliphatic carbocycles. The van der Waals surface area contributed by atoms with Gasteiger partial charge in [0.25, 0.3) is 0 Å². The highest BCUT2D eigenvalue weighted by molar-refractivity contribution is 5.75. The maximum absolute atomic E-state index is 11.5. The number of amides is 1. The van der Waals surface area contributed by atoms with Crippen LogP contribution in [0.3, 0.4) is 0 Å². The molecular weight excluding hydrogens is 288 g/mol. The van der Waals surface area contributed by atoms with Crippen LogP contribution in [0.1, 0.15) is 103 Å². The zero-order valence-electron chi connectivity index (χ0n) is 15.3. The van der Waals surface area contributed by atoms with Gasteiger partial charge < -0.3 is 16.0 Å². The summed E-state index contributed by atoms with van der Waals surface area (Å²) < 4.78 is 0. The van der Waals surface area contributed by atoms with E-state index >= 15 is 0 Å². The van der Waals surface area contributed by atoms with Gasteiger partial charge in [-0.2, -0.15) is 0 Å². The fourth-order valence-electron chi connectivity index (χ4n) is 2.78. The van der Waals surface area contributed by atoms with Gasteiger partial charge in [-0.05, 0) is 19.4 Å². The summed E-state index contributed by atoms with van der Waals surface area (Å²) in [5.41, 5.74) is 1.84. The minimum atomic E-state index is 0.124. The Bertz CT molecular complexity index is 248. The zero-order chi connectivity index (χ0) is 17.0. The second kappa shape index (κ2) is 19.4. The van der Waals surface area contributed by atoms with E-state index in [1.807, 2.05) is 5.48 Å². The molecule has 0 unspecified atom stereocenters. The zero-order valence-corrected chi connectivity index (χ0v) is 15.3. The Morgan fingerprint density at radius 3 is 1.65 bits per heavy atom. The third kappa shape index (κ3) is 19.3. The molecule has 0 aromatic rings. The van der Waals surface area contributed by atoms with E-state index in [2.05, 4.69) is 12.2 Å². The number of hydroxylamine groups is 1. The van der Waals surface area contributed by atoms with E-state index in [1.165, 1.54) is 70.6 Å². The average molecular weight is 328 g/mol. The molecule has 0 aliphatic rings. The van der Waals surface area contributed by atoms with Crippen molar-refractivity contribution in [3.8, 4) is 0 Å². The summed E-state index contributed by atoms with van der Waals surface area (Å²) >= 11 is 0. The second-order valence-corrected chi connectivity index (χ2v) is 6.59. The van der Waals surface area contributed by atoms with Gasteiger partial charge in [0.1, 0.15) is 0 Å². The highest BCUT2D eigenvalue weighted by atomic mass is 16.5. The van der Waals surface area contributed by atoms with E-state index in [0.717, 1.165) is 12.8 Å². The fraction of sp³-hybridized carbons (Fsp3) is 0.947. The largest absolute Gasteiger partial charge is 0.788 e. The fourth-order valence-corrected chi connectivity index (χ4v) is 2.78. The monoisotopic (exact) mass is 327 g/mol. The molecule has 0 bridgehead atoms. The second-order valence-electron chi connectivity index (χ2n) is 6.59. The van der Waals surface area contributed by atoms with Crippen LogP contribution in [-0.4, -0.2) is 19.0 Å². The van der Waals surface area contributed by atoms with Gasteiger partial charge in [-0.15, -0.1) is 0 Å². The first-order valence-electron chi connectivity index (χ1n) is 9.93. The van der Waals surface area contributed by atoms with E-state index in [4.69, 9.17) is 0 Å². The van der Waals surface area contributed by atoms with Crippen molar-refractivity contribution in [2.24, 2.45) is 0 Å². The van der Waals surface area contributed by atoms with Crippen molar-refractivity contribution in [3.05, 3.63) is 5.21 Å². The van der Waals surface area contributed by atoms with Crippen molar-refractivity contribution in [1.82, 2.24) is 10.8 Å². The van der Waals surface area contributed by atoms with Crippen LogP contribution in [0.2, 0.25) is 0 Å². The summed E-state index contributed by atoms with van der Waals surface area (Å²) in [5, 5.41) is 12.9. The Morgan fingerprint density at radius 2 is 1.17 bits per heavy atom. The maximum atomic E-state index is 11.5. The summed E-state index contributed by atoms with van der Waals surface area (Å²) in [7, 11) is 0. The Hall–Kier alpha value is -0.610. The van der Waals surface area contributed by atoms with E-state index < -0.39 is 0 Å². The van der Waals surface area contributed by atoms with Gasteiger partial charge in [0.2, 0.25) is 5.91 Å². The smallest absolute Gasteiger partial charge is 0.219 e. The van der Waals surface area contributed by atoms with Crippen molar-refractivity contribution in [2.75, 3.05) is 13.1 Å². The number of hydrogen-bond acceptors (Lipinski definition) is 3. The van der Waals surface area contributed by atoms with Gasteiger partial charge in [-0.3, -0.25) is 4.79 Å². The van der Waals surface area contributed by atoms with Gasteiger partial charge >= 0.3 is 0 Å². The summed E-state index contributed by atoms with van der Waals surface area (Å²) in [6, 6.07) is 0. The standard InChI is InChI=1S/C19H39N2O2/c1-2-3-4-5-6-7-8-9-10-11-12-13-14-16-19(22)20-17-15-18-21-23/h21H,2-18H2,1H3,(H,20,22)/q-1. The Kier molecular flexibility index (Phi) is 18.9. The van der Waals surface area contributed by atoms with Crippen LogP contribution >= 0.6 is 0 Å².